The lowest BCUT2D eigenvalue weighted by atomic mass is 9.99. The molecule has 6 heteroatoms. The highest BCUT2D eigenvalue weighted by atomic mass is 19.3. The summed E-state index contributed by atoms with van der Waals surface area (Å²) in [6, 6.07) is 7.27. The zero-order valence-electron chi connectivity index (χ0n) is 13.6. The quantitative estimate of drug-likeness (QED) is 0.685. The van der Waals surface area contributed by atoms with Gasteiger partial charge < -0.3 is 11.1 Å². The van der Waals surface area contributed by atoms with Crippen LogP contribution < -0.4 is 11.1 Å². The average molecular weight is 326 g/mol. The number of ketones is 1. The number of hydrogen-bond acceptors (Lipinski definition) is 3. The molecule has 0 bridgehead atoms. The minimum Gasteiger partial charge on any atom is -0.350 e. The van der Waals surface area contributed by atoms with Crippen LogP contribution in [-0.2, 0) is 11.2 Å². The fraction of sp³-hybridized carbons (Fsp3) is 0.529. The van der Waals surface area contributed by atoms with Crippen molar-refractivity contribution >= 4 is 11.7 Å². The summed E-state index contributed by atoms with van der Waals surface area (Å²) in [7, 11) is 0. The molecule has 0 unspecified atom stereocenters. The summed E-state index contributed by atoms with van der Waals surface area (Å²) < 4.78 is 25.8. The lowest BCUT2D eigenvalue weighted by Crippen LogP contribution is -2.41. The highest BCUT2D eigenvalue weighted by Gasteiger charge is 2.27. The van der Waals surface area contributed by atoms with E-state index < -0.39 is 24.9 Å². The topological polar surface area (TPSA) is 72.2 Å². The van der Waals surface area contributed by atoms with E-state index in [1.54, 1.807) is 12.1 Å². The number of hydrogen-bond donors (Lipinski definition) is 2. The molecule has 23 heavy (non-hydrogen) atoms. The molecule has 3 N–H and O–H groups in total. The number of amides is 1. The van der Waals surface area contributed by atoms with Crippen molar-refractivity contribution < 1.29 is 18.4 Å². The zero-order chi connectivity index (χ0) is 17.5. The van der Waals surface area contributed by atoms with E-state index in [4.69, 9.17) is 5.73 Å². The normalized spacial score (nSPS) is 11.6. The van der Waals surface area contributed by atoms with Gasteiger partial charge in [0.25, 0.3) is 5.92 Å². The first-order valence-corrected chi connectivity index (χ1v) is 7.70. The standard InChI is InChI=1S/C17H24F2N2O2/c1-12(2)9-13-3-5-14(6-4-13)15(22)7-8-16(23)21-11-17(18,19)10-20/h3-6,12H,7-11,20H2,1-2H3,(H,21,23). The number of rotatable bonds is 9. The van der Waals surface area contributed by atoms with Gasteiger partial charge in [0.05, 0.1) is 13.1 Å². The molecule has 0 atom stereocenters. The van der Waals surface area contributed by atoms with Gasteiger partial charge in [0, 0.05) is 18.4 Å². The van der Waals surface area contributed by atoms with Crippen molar-refractivity contribution in [3.8, 4) is 0 Å². The van der Waals surface area contributed by atoms with E-state index in [0.717, 1.165) is 12.0 Å². The minimum atomic E-state index is -3.12. The minimum absolute atomic E-state index is 0.0104. The Morgan fingerprint density at radius 1 is 1.17 bits per heavy atom. The number of Topliss-reactive ketones (excluding diaryl/α,β-unsaturated/α-hetero) is 1. The van der Waals surface area contributed by atoms with Crippen molar-refractivity contribution in [2.75, 3.05) is 13.1 Å². The molecule has 0 fully saturated rings. The number of carbonyl (C=O) groups is 2. The van der Waals surface area contributed by atoms with Crippen LogP contribution in [0.4, 0.5) is 8.78 Å². The van der Waals surface area contributed by atoms with E-state index in [9.17, 15) is 18.4 Å². The first-order chi connectivity index (χ1) is 10.7. The maximum atomic E-state index is 12.9. The van der Waals surface area contributed by atoms with Crippen LogP contribution in [0.2, 0.25) is 0 Å². The zero-order valence-corrected chi connectivity index (χ0v) is 13.6. The van der Waals surface area contributed by atoms with Crippen molar-refractivity contribution in [3.05, 3.63) is 35.4 Å². The van der Waals surface area contributed by atoms with Gasteiger partial charge in [0.1, 0.15) is 0 Å². The molecule has 0 aliphatic rings. The van der Waals surface area contributed by atoms with Crippen molar-refractivity contribution in [2.45, 2.75) is 39.0 Å². The van der Waals surface area contributed by atoms with Crippen molar-refractivity contribution in [1.82, 2.24) is 5.32 Å². The predicted molar refractivity (Wildman–Crippen MR) is 85.6 cm³/mol. The molecule has 0 aliphatic heterocycles. The van der Waals surface area contributed by atoms with Gasteiger partial charge in [-0.3, -0.25) is 9.59 Å². The predicted octanol–water partition coefficient (Wildman–Crippen LogP) is 2.56. The van der Waals surface area contributed by atoms with Gasteiger partial charge in [0.15, 0.2) is 5.78 Å². The number of carbonyl (C=O) groups excluding carboxylic acids is 2. The van der Waals surface area contributed by atoms with Crippen LogP contribution in [0, 0.1) is 5.92 Å². The van der Waals surface area contributed by atoms with Crippen molar-refractivity contribution in [2.24, 2.45) is 11.7 Å². The Morgan fingerprint density at radius 3 is 2.30 bits per heavy atom. The van der Waals surface area contributed by atoms with Crippen molar-refractivity contribution in [1.29, 1.82) is 0 Å². The van der Waals surface area contributed by atoms with E-state index in [-0.39, 0.29) is 18.6 Å². The molecule has 1 aromatic carbocycles. The summed E-state index contributed by atoms with van der Waals surface area (Å²) >= 11 is 0. The SMILES string of the molecule is CC(C)Cc1ccc(C(=O)CCC(=O)NCC(F)(F)CN)cc1. The van der Waals surface area contributed by atoms with Crippen LogP contribution in [-0.4, -0.2) is 30.7 Å². The van der Waals surface area contributed by atoms with Gasteiger partial charge in [-0.05, 0) is 17.9 Å². The summed E-state index contributed by atoms with van der Waals surface area (Å²) in [5, 5.41) is 2.09. The monoisotopic (exact) mass is 326 g/mol. The molecule has 0 aliphatic carbocycles. The second-order valence-electron chi connectivity index (χ2n) is 6.05. The van der Waals surface area contributed by atoms with Crippen molar-refractivity contribution in [3.63, 3.8) is 0 Å². The van der Waals surface area contributed by atoms with Gasteiger partial charge in [-0.2, -0.15) is 0 Å². The summed E-state index contributed by atoms with van der Waals surface area (Å²) in [5.41, 5.74) is 6.55. The molecule has 0 spiro atoms. The lowest BCUT2D eigenvalue weighted by Gasteiger charge is -2.14. The molecule has 0 saturated heterocycles. The average Bonchev–Trinajstić information content (AvgIpc) is 2.51. The molecular formula is C17H24F2N2O2. The van der Waals surface area contributed by atoms with Gasteiger partial charge in [-0.25, -0.2) is 8.78 Å². The molecule has 0 saturated carbocycles. The third kappa shape index (κ3) is 7.32. The molecule has 0 radical (unpaired) electrons. The summed E-state index contributed by atoms with van der Waals surface area (Å²) in [4.78, 5) is 23.5. The van der Waals surface area contributed by atoms with E-state index in [2.05, 4.69) is 19.2 Å². The number of nitrogens with one attached hydrogen (secondary N) is 1. The van der Waals surface area contributed by atoms with E-state index in [1.165, 1.54) is 0 Å². The molecule has 0 aromatic heterocycles. The van der Waals surface area contributed by atoms with Crippen LogP contribution in [0.3, 0.4) is 0 Å². The second kappa shape index (κ2) is 8.72. The Balaban J connectivity index is 2.43. The Kier molecular flexibility index (Phi) is 7.29. The first kappa shape index (κ1) is 19.2. The van der Waals surface area contributed by atoms with E-state index in [1.807, 2.05) is 12.1 Å². The van der Waals surface area contributed by atoms with Gasteiger partial charge in [0.2, 0.25) is 5.91 Å². The summed E-state index contributed by atoms with van der Waals surface area (Å²) in [5.74, 6) is -3.34. The van der Waals surface area contributed by atoms with Crippen LogP contribution in [0.25, 0.3) is 0 Å². The largest absolute Gasteiger partial charge is 0.350 e. The third-order valence-corrected chi connectivity index (χ3v) is 3.34. The summed E-state index contributed by atoms with van der Waals surface area (Å²) in [6.07, 6.45) is 0.809. The molecule has 1 aromatic rings. The molecule has 1 amide bonds. The Labute approximate surface area is 135 Å². The molecule has 4 nitrogen and oxygen atoms in total. The van der Waals surface area contributed by atoms with E-state index >= 15 is 0 Å². The fourth-order valence-electron chi connectivity index (χ4n) is 2.06. The Bertz CT molecular complexity index is 528. The highest BCUT2D eigenvalue weighted by molar-refractivity contribution is 5.97. The first-order valence-electron chi connectivity index (χ1n) is 7.70. The molecule has 1 rings (SSSR count). The number of nitrogens with two attached hydrogens (primary N) is 1. The van der Waals surface area contributed by atoms with E-state index in [0.29, 0.717) is 11.5 Å². The van der Waals surface area contributed by atoms with Crippen LogP contribution in [0.15, 0.2) is 24.3 Å². The second-order valence-corrected chi connectivity index (χ2v) is 6.05. The Hall–Kier alpha value is -1.82. The van der Waals surface area contributed by atoms with Crippen LogP contribution in [0.5, 0.6) is 0 Å². The van der Waals surface area contributed by atoms with Crippen LogP contribution in [0.1, 0.15) is 42.6 Å². The maximum absolute atomic E-state index is 12.9. The van der Waals surface area contributed by atoms with Gasteiger partial charge >= 0.3 is 0 Å². The third-order valence-electron chi connectivity index (χ3n) is 3.34. The molecule has 0 heterocycles. The number of benzene rings is 1. The fourth-order valence-corrected chi connectivity index (χ4v) is 2.06. The smallest absolute Gasteiger partial charge is 0.277 e. The molecular weight excluding hydrogens is 302 g/mol. The van der Waals surface area contributed by atoms with Gasteiger partial charge in [-0.1, -0.05) is 38.1 Å². The lowest BCUT2D eigenvalue weighted by molar-refractivity contribution is -0.122. The highest BCUT2D eigenvalue weighted by Crippen LogP contribution is 2.12. The van der Waals surface area contributed by atoms with Crippen LogP contribution >= 0.6 is 0 Å². The maximum Gasteiger partial charge on any atom is 0.277 e. The summed E-state index contributed by atoms with van der Waals surface area (Å²) in [6.45, 7) is 2.60. The molecule has 128 valence electrons. The Morgan fingerprint density at radius 2 is 1.78 bits per heavy atom. The number of alkyl halides is 2. The van der Waals surface area contributed by atoms with Gasteiger partial charge in [-0.15, -0.1) is 0 Å². The number of halogens is 2.